The second kappa shape index (κ2) is 4.28. The summed E-state index contributed by atoms with van der Waals surface area (Å²) >= 11 is 5.47. The topological polar surface area (TPSA) is 68.0 Å². The number of carbonyl (C=O) groups is 1. The van der Waals surface area contributed by atoms with Crippen LogP contribution in [0.1, 0.15) is 10.6 Å². The fourth-order valence-corrected chi connectivity index (χ4v) is 1.10. The molecule has 0 aromatic carbocycles. The lowest BCUT2D eigenvalue weighted by molar-refractivity contribution is 0.0988. The van der Waals surface area contributed by atoms with E-state index in [1.165, 1.54) is 18.5 Å². The Morgan fingerprint density at radius 1 is 1.38 bits per heavy atom. The van der Waals surface area contributed by atoms with E-state index in [9.17, 15) is 9.18 Å². The highest BCUT2D eigenvalue weighted by Crippen LogP contribution is 2.10. The first-order chi connectivity index (χ1) is 7.65. The maximum absolute atomic E-state index is 12.5. The highest BCUT2D eigenvalue weighted by atomic mass is 35.5. The van der Waals surface area contributed by atoms with Gasteiger partial charge in [-0.25, -0.2) is 9.97 Å². The van der Waals surface area contributed by atoms with Gasteiger partial charge in [-0.15, -0.1) is 0 Å². The number of anilines is 1. The van der Waals surface area contributed by atoms with E-state index >= 15 is 0 Å². The van der Waals surface area contributed by atoms with Gasteiger partial charge >= 0.3 is 0 Å². The smallest absolute Gasteiger partial charge is 0.291 e. The molecule has 0 aliphatic carbocycles. The first kappa shape index (κ1) is 10.6. The molecule has 0 aliphatic heterocycles. The number of hydrogen-bond acceptors (Lipinski definition) is 4. The minimum atomic E-state index is -0.822. The molecule has 2 aromatic heterocycles. The van der Waals surface area contributed by atoms with Gasteiger partial charge in [0.15, 0.2) is 5.76 Å². The first-order valence-corrected chi connectivity index (χ1v) is 4.57. The van der Waals surface area contributed by atoms with E-state index < -0.39 is 11.9 Å². The van der Waals surface area contributed by atoms with E-state index in [0.29, 0.717) is 5.69 Å². The normalized spacial score (nSPS) is 10.1. The Bertz CT molecular complexity index is 512. The number of nitrogens with one attached hydrogen (secondary N) is 1. The third-order valence-electron chi connectivity index (χ3n) is 1.68. The number of furan rings is 1. The third-order valence-corrected chi connectivity index (χ3v) is 1.87. The molecule has 0 unspecified atom stereocenters. The summed E-state index contributed by atoms with van der Waals surface area (Å²) in [5.74, 6) is -0.720. The van der Waals surface area contributed by atoms with Crippen LogP contribution < -0.4 is 5.32 Å². The Hall–Kier alpha value is -1.95. The Morgan fingerprint density at radius 2 is 2.06 bits per heavy atom. The van der Waals surface area contributed by atoms with Crippen molar-refractivity contribution in [3.63, 3.8) is 0 Å². The van der Waals surface area contributed by atoms with E-state index in [-0.39, 0.29) is 11.0 Å². The molecule has 0 bridgehead atoms. The van der Waals surface area contributed by atoms with Crippen LogP contribution in [-0.2, 0) is 0 Å². The van der Waals surface area contributed by atoms with Crippen molar-refractivity contribution in [3.05, 3.63) is 41.6 Å². The molecule has 2 rings (SSSR count). The Morgan fingerprint density at radius 3 is 2.62 bits per heavy atom. The molecule has 1 amide bonds. The molecule has 82 valence electrons. The number of carbonyl (C=O) groups excluding carboxylic acids is 1. The van der Waals surface area contributed by atoms with Crippen molar-refractivity contribution < 1.29 is 13.6 Å². The van der Waals surface area contributed by atoms with Crippen molar-refractivity contribution >= 4 is 23.2 Å². The van der Waals surface area contributed by atoms with Crippen LogP contribution in [0.4, 0.5) is 10.1 Å². The molecule has 0 atom stereocenters. The van der Waals surface area contributed by atoms with Gasteiger partial charge in [-0.1, -0.05) is 0 Å². The average molecular weight is 242 g/mol. The highest BCUT2D eigenvalue weighted by Gasteiger charge is 2.11. The van der Waals surface area contributed by atoms with Crippen LogP contribution in [0.25, 0.3) is 0 Å². The van der Waals surface area contributed by atoms with Gasteiger partial charge in [0.2, 0.25) is 5.28 Å². The molecule has 2 aromatic rings. The molecule has 2 heterocycles. The summed E-state index contributed by atoms with van der Waals surface area (Å²) in [4.78, 5) is 18.8. The molecule has 0 aliphatic rings. The zero-order valence-corrected chi connectivity index (χ0v) is 8.53. The number of amides is 1. The largest absolute Gasteiger partial charge is 0.426 e. The third kappa shape index (κ3) is 2.34. The van der Waals surface area contributed by atoms with Crippen molar-refractivity contribution in [2.24, 2.45) is 0 Å². The van der Waals surface area contributed by atoms with Crippen LogP contribution in [-0.4, -0.2) is 15.9 Å². The van der Waals surface area contributed by atoms with Crippen molar-refractivity contribution in [2.45, 2.75) is 0 Å². The molecule has 0 fully saturated rings. The van der Waals surface area contributed by atoms with E-state index in [1.807, 2.05) is 0 Å². The van der Waals surface area contributed by atoms with Gasteiger partial charge in [0.1, 0.15) is 0 Å². The highest BCUT2D eigenvalue weighted by molar-refractivity contribution is 6.28. The first-order valence-electron chi connectivity index (χ1n) is 4.19. The number of halogens is 2. The monoisotopic (exact) mass is 241 g/mol. The molecule has 0 saturated heterocycles. The molecule has 0 radical (unpaired) electrons. The van der Waals surface area contributed by atoms with Crippen LogP contribution in [0.15, 0.2) is 28.9 Å². The number of hydrogen-bond donors (Lipinski definition) is 1. The van der Waals surface area contributed by atoms with Gasteiger partial charge in [0, 0.05) is 6.07 Å². The van der Waals surface area contributed by atoms with Crippen molar-refractivity contribution in [2.75, 3.05) is 5.32 Å². The maximum atomic E-state index is 12.5. The van der Waals surface area contributed by atoms with Crippen molar-refractivity contribution in [3.8, 4) is 0 Å². The lowest BCUT2D eigenvalue weighted by Crippen LogP contribution is -2.11. The Balaban J connectivity index is 2.10. The summed E-state index contributed by atoms with van der Waals surface area (Å²) in [6.07, 6.45) is 2.65. The zero-order valence-electron chi connectivity index (χ0n) is 7.78. The Labute approximate surface area is 94.3 Å². The second-order valence-electron chi connectivity index (χ2n) is 2.80. The van der Waals surface area contributed by atoms with Crippen molar-refractivity contribution in [1.29, 1.82) is 0 Å². The average Bonchev–Trinajstić information content (AvgIpc) is 2.68. The molecule has 7 heteroatoms. The number of nitrogens with zero attached hydrogens (tertiary/aromatic N) is 2. The van der Waals surface area contributed by atoms with Gasteiger partial charge in [0.25, 0.3) is 11.9 Å². The lowest BCUT2D eigenvalue weighted by atomic mass is 10.4. The Kier molecular flexibility index (Phi) is 2.82. The van der Waals surface area contributed by atoms with Crippen LogP contribution in [0.5, 0.6) is 0 Å². The summed E-state index contributed by atoms with van der Waals surface area (Å²) < 4.78 is 17.0. The molecule has 0 spiro atoms. The minimum Gasteiger partial charge on any atom is -0.426 e. The maximum Gasteiger partial charge on any atom is 0.291 e. The van der Waals surface area contributed by atoms with E-state index in [0.717, 1.165) is 6.07 Å². The molecule has 1 N–H and O–H groups in total. The van der Waals surface area contributed by atoms with Gasteiger partial charge in [-0.2, -0.15) is 4.39 Å². The van der Waals surface area contributed by atoms with Crippen LogP contribution in [0.3, 0.4) is 0 Å². The summed E-state index contributed by atoms with van der Waals surface area (Å²) in [6.45, 7) is 0. The van der Waals surface area contributed by atoms with Crippen LogP contribution >= 0.6 is 11.6 Å². The van der Waals surface area contributed by atoms with E-state index in [4.69, 9.17) is 11.6 Å². The molecule has 16 heavy (non-hydrogen) atoms. The van der Waals surface area contributed by atoms with Crippen LogP contribution in [0, 0.1) is 6.01 Å². The summed E-state index contributed by atoms with van der Waals surface area (Å²) in [7, 11) is 0. The van der Waals surface area contributed by atoms with Gasteiger partial charge in [0.05, 0.1) is 18.1 Å². The fourth-order valence-electron chi connectivity index (χ4n) is 1.01. The lowest BCUT2D eigenvalue weighted by Gasteiger charge is -2.00. The van der Waals surface area contributed by atoms with E-state index in [2.05, 4.69) is 19.7 Å². The predicted molar refractivity (Wildman–Crippen MR) is 53.7 cm³/mol. The van der Waals surface area contributed by atoms with Crippen molar-refractivity contribution in [1.82, 2.24) is 9.97 Å². The summed E-state index contributed by atoms with van der Waals surface area (Å²) in [5.41, 5.74) is 0.339. The van der Waals surface area contributed by atoms with Gasteiger partial charge in [-0.3, -0.25) is 4.79 Å². The second-order valence-corrected chi connectivity index (χ2v) is 3.14. The number of aromatic nitrogens is 2. The minimum absolute atomic E-state index is 0.0713. The quantitative estimate of drug-likeness (QED) is 0.818. The van der Waals surface area contributed by atoms with Gasteiger partial charge in [-0.05, 0) is 17.7 Å². The molecular weight excluding hydrogens is 237 g/mol. The number of rotatable bonds is 2. The summed E-state index contributed by atoms with van der Waals surface area (Å²) in [5, 5.41) is 2.49. The van der Waals surface area contributed by atoms with Gasteiger partial charge < -0.3 is 9.73 Å². The molecular formula is C9H5ClFN3O2. The van der Waals surface area contributed by atoms with E-state index in [1.54, 1.807) is 0 Å². The molecule has 5 nitrogen and oxygen atoms in total. The fraction of sp³-hybridized carbons (Fsp3) is 0. The summed E-state index contributed by atoms with van der Waals surface area (Å²) in [6, 6.07) is 1.45. The standard InChI is InChI=1S/C9H5ClFN3O2/c10-9-12-3-5(4-13-9)14-8(15)6-1-2-7(11)16-6/h1-4H,(H,14,15). The molecule has 0 saturated carbocycles. The van der Waals surface area contributed by atoms with Crippen LogP contribution in [0.2, 0.25) is 5.28 Å². The SMILES string of the molecule is O=C(Nc1cnc(Cl)nc1)c1ccc(F)o1. The zero-order chi connectivity index (χ0) is 11.5. The predicted octanol–water partition coefficient (Wildman–Crippen LogP) is 2.11.